The van der Waals surface area contributed by atoms with E-state index < -0.39 is 0 Å². The quantitative estimate of drug-likeness (QED) is 0.866. The van der Waals surface area contributed by atoms with Crippen LogP contribution in [-0.4, -0.2) is 44.3 Å². The van der Waals surface area contributed by atoms with Gasteiger partial charge in [0.1, 0.15) is 5.82 Å². The van der Waals surface area contributed by atoms with E-state index in [4.69, 9.17) is 5.73 Å². The Kier molecular flexibility index (Phi) is 5.61. The molecule has 25 heavy (non-hydrogen) atoms. The van der Waals surface area contributed by atoms with Crippen LogP contribution in [0.1, 0.15) is 63.6 Å². The van der Waals surface area contributed by atoms with E-state index >= 15 is 0 Å². The first kappa shape index (κ1) is 18.2. The molecule has 1 aliphatic heterocycles. The van der Waals surface area contributed by atoms with Crippen molar-refractivity contribution in [2.75, 3.05) is 13.1 Å². The second-order valence-electron chi connectivity index (χ2n) is 7.60. The van der Waals surface area contributed by atoms with E-state index in [1.165, 1.54) is 30.4 Å². The summed E-state index contributed by atoms with van der Waals surface area (Å²) in [5.74, 6) is 1.82. The number of likely N-dealkylation sites (tertiary alicyclic amines) is 1. The third kappa shape index (κ3) is 3.81. The van der Waals surface area contributed by atoms with Crippen molar-refractivity contribution in [1.29, 1.82) is 0 Å². The van der Waals surface area contributed by atoms with Crippen LogP contribution in [0.25, 0.3) is 0 Å². The van der Waals surface area contributed by atoms with Crippen molar-refractivity contribution in [3.63, 3.8) is 0 Å². The Morgan fingerprint density at radius 1 is 1.24 bits per heavy atom. The summed E-state index contributed by atoms with van der Waals surface area (Å²) < 4.78 is 3.15. The lowest BCUT2D eigenvalue weighted by molar-refractivity contribution is -0.134. The molecule has 0 unspecified atom stereocenters. The number of hydrogen-bond acceptors (Lipinski definition) is 4. The molecule has 0 aromatic carbocycles. The van der Waals surface area contributed by atoms with Gasteiger partial charge in [-0.15, -0.1) is 0 Å². The molecule has 140 valence electrons. The van der Waals surface area contributed by atoms with Crippen LogP contribution in [0.15, 0.2) is 4.79 Å². The minimum Gasteiger partial charge on any atom is -0.341 e. The highest BCUT2D eigenvalue weighted by atomic mass is 16.2. The molecular weight excluding hydrogens is 318 g/mol. The van der Waals surface area contributed by atoms with Crippen LogP contribution in [0, 0.1) is 5.92 Å². The second kappa shape index (κ2) is 7.72. The number of rotatable bonds is 5. The van der Waals surface area contributed by atoms with E-state index in [2.05, 4.69) is 5.10 Å². The van der Waals surface area contributed by atoms with Gasteiger partial charge in [0.15, 0.2) is 0 Å². The number of nitrogens with zero attached hydrogens (tertiary/aromatic N) is 4. The summed E-state index contributed by atoms with van der Waals surface area (Å²) in [5.41, 5.74) is 6.13. The van der Waals surface area contributed by atoms with E-state index in [9.17, 15) is 9.59 Å². The van der Waals surface area contributed by atoms with Crippen molar-refractivity contribution in [1.82, 2.24) is 19.2 Å². The molecule has 3 rings (SSSR count). The van der Waals surface area contributed by atoms with Crippen molar-refractivity contribution in [2.24, 2.45) is 18.7 Å². The highest BCUT2D eigenvalue weighted by Crippen LogP contribution is 2.30. The fraction of sp³-hybridized carbons (Fsp3) is 0.833. The summed E-state index contributed by atoms with van der Waals surface area (Å²) in [4.78, 5) is 26.6. The van der Waals surface area contributed by atoms with Crippen LogP contribution in [-0.2, 0) is 18.4 Å². The van der Waals surface area contributed by atoms with E-state index in [0.717, 1.165) is 25.1 Å². The maximum atomic E-state index is 12.6. The predicted octanol–water partition coefficient (Wildman–Crippen LogP) is 1.22. The molecule has 1 amide bonds. The molecule has 2 N–H and O–H groups in total. The zero-order valence-electron chi connectivity index (χ0n) is 15.5. The number of aryl methyl sites for hydroxylation is 1. The number of carbonyl (C=O) groups excluding carboxylic acids is 1. The molecule has 7 heteroatoms. The van der Waals surface area contributed by atoms with Gasteiger partial charge >= 0.3 is 5.69 Å². The van der Waals surface area contributed by atoms with Crippen molar-refractivity contribution in [3.05, 3.63) is 16.3 Å². The van der Waals surface area contributed by atoms with Gasteiger partial charge in [-0.2, -0.15) is 5.10 Å². The molecule has 1 saturated heterocycles. The van der Waals surface area contributed by atoms with E-state index in [-0.39, 0.29) is 23.6 Å². The Labute approximate surface area is 149 Å². The smallest absolute Gasteiger partial charge is 0.341 e. The van der Waals surface area contributed by atoms with E-state index in [1.54, 1.807) is 11.6 Å². The first-order valence-corrected chi connectivity index (χ1v) is 9.69. The fourth-order valence-corrected chi connectivity index (χ4v) is 4.42. The third-order valence-electron chi connectivity index (χ3n) is 5.90. The Balaban J connectivity index is 1.57. The summed E-state index contributed by atoms with van der Waals surface area (Å²) in [5, 5.41) is 4.42. The fourth-order valence-electron chi connectivity index (χ4n) is 4.42. The standard InChI is InChI=1S/C18H31N5O2/c1-3-23-16(20-21(2)18(23)25)14-8-10-22(11-9-14)17(24)15(19)12-13-6-4-5-7-13/h13-15H,3-12,19H2,1-2H3/t15-/m1/s1. The summed E-state index contributed by atoms with van der Waals surface area (Å²) in [6.45, 7) is 4.01. The lowest BCUT2D eigenvalue weighted by Gasteiger charge is -2.33. The monoisotopic (exact) mass is 349 g/mol. The van der Waals surface area contributed by atoms with Crippen LogP contribution in [0.3, 0.4) is 0 Å². The number of hydrogen-bond donors (Lipinski definition) is 1. The molecule has 7 nitrogen and oxygen atoms in total. The molecular formula is C18H31N5O2. The van der Waals surface area contributed by atoms with Crippen LogP contribution in [0.5, 0.6) is 0 Å². The topological polar surface area (TPSA) is 86.2 Å². The molecule has 0 radical (unpaired) electrons. The maximum Gasteiger partial charge on any atom is 0.345 e. The lowest BCUT2D eigenvalue weighted by atomic mass is 9.94. The number of nitrogens with two attached hydrogens (primary N) is 1. The van der Waals surface area contributed by atoms with Gasteiger partial charge in [-0.25, -0.2) is 9.48 Å². The highest BCUT2D eigenvalue weighted by molar-refractivity contribution is 5.81. The molecule has 2 aliphatic rings. The molecule has 1 aromatic rings. The second-order valence-corrected chi connectivity index (χ2v) is 7.60. The van der Waals surface area contributed by atoms with Gasteiger partial charge in [-0.05, 0) is 32.1 Å². The normalized spacial score (nSPS) is 21.0. The average Bonchev–Trinajstić information content (AvgIpc) is 3.23. The van der Waals surface area contributed by atoms with Gasteiger partial charge in [0.2, 0.25) is 5.91 Å². The number of aromatic nitrogens is 3. The van der Waals surface area contributed by atoms with E-state index in [0.29, 0.717) is 25.6 Å². The van der Waals surface area contributed by atoms with Gasteiger partial charge in [0, 0.05) is 32.6 Å². The Hall–Kier alpha value is -1.63. The third-order valence-corrected chi connectivity index (χ3v) is 5.90. The molecule has 1 aliphatic carbocycles. The molecule has 1 atom stereocenters. The first-order valence-electron chi connectivity index (χ1n) is 9.69. The van der Waals surface area contributed by atoms with Gasteiger partial charge < -0.3 is 10.6 Å². The largest absolute Gasteiger partial charge is 0.345 e. The predicted molar refractivity (Wildman–Crippen MR) is 96.2 cm³/mol. The van der Waals surface area contributed by atoms with Crippen molar-refractivity contribution >= 4 is 5.91 Å². The Bertz CT molecular complexity index is 651. The van der Waals surface area contributed by atoms with Crippen LogP contribution < -0.4 is 11.4 Å². The average molecular weight is 349 g/mol. The Morgan fingerprint density at radius 2 is 1.88 bits per heavy atom. The van der Waals surface area contributed by atoms with Crippen molar-refractivity contribution < 1.29 is 4.79 Å². The number of carbonyl (C=O) groups is 1. The number of amides is 1. The Morgan fingerprint density at radius 3 is 2.48 bits per heavy atom. The first-order chi connectivity index (χ1) is 12.0. The maximum absolute atomic E-state index is 12.6. The highest BCUT2D eigenvalue weighted by Gasteiger charge is 2.31. The molecule has 2 fully saturated rings. The number of piperidine rings is 1. The van der Waals surface area contributed by atoms with Crippen LogP contribution in [0.4, 0.5) is 0 Å². The zero-order valence-corrected chi connectivity index (χ0v) is 15.5. The van der Waals surface area contributed by atoms with Gasteiger partial charge in [-0.1, -0.05) is 25.7 Å². The van der Waals surface area contributed by atoms with Crippen molar-refractivity contribution in [3.8, 4) is 0 Å². The minimum absolute atomic E-state index is 0.0606. The summed E-state index contributed by atoms with van der Waals surface area (Å²) in [7, 11) is 1.69. The zero-order chi connectivity index (χ0) is 18.0. The molecule has 1 aromatic heterocycles. The summed E-state index contributed by atoms with van der Waals surface area (Å²) in [6.07, 6.45) is 7.51. The van der Waals surface area contributed by atoms with Gasteiger partial charge in [-0.3, -0.25) is 9.36 Å². The van der Waals surface area contributed by atoms with Crippen molar-refractivity contribution in [2.45, 2.75) is 70.4 Å². The summed E-state index contributed by atoms with van der Waals surface area (Å²) in [6, 6.07) is -0.358. The molecule has 1 saturated carbocycles. The minimum atomic E-state index is -0.358. The summed E-state index contributed by atoms with van der Waals surface area (Å²) >= 11 is 0. The van der Waals surface area contributed by atoms with Crippen LogP contribution >= 0.6 is 0 Å². The molecule has 0 bridgehead atoms. The van der Waals surface area contributed by atoms with Gasteiger partial charge in [0.25, 0.3) is 0 Å². The van der Waals surface area contributed by atoms with Gasteiger partial charge in [0.05, 0.1) is 6.04 Å². The molecule has 2 heterocycles. The lowest BCUT2D eigenvalue weighted by Crippen LogP contribution is -2.47. The SMILES string of the molecule is CCn1c(C2CCN(C(=O)[C@H](N)CC3CCCC3)CC2)nn(C)c1=O. The van der Waals surface area contributed by atoms with Crippen LogP contribution in [0.2, 0.25) is 0 Å². The molecule has 0 spiro atoms. The van der Waals surface area contributed by atoms with E-state index in [1.807, 2.05) is 11.8 Å².